The first-order valence-corrected chi connectivity index (χ1v) is 37.2. The monoisotopic (exact) mass is 1450 g/mol. The summed E-state index contributed by atoms with van der Waals surface area (Å²) in [5, 5.41) is 14.2. The molecule has 566 valence electrons. The van der Waals surface area contributed by atoms with E-state index < -0.39 is 5.97 Å². The number of aromatic amines is 1. The molecular weight excluding hydrogens is 1340 g/mol. The number of imidazole rings is 1. The van der Waals surface area contributed by atoms with Crippen LogP contribution in [0.25, 0.3) is 33.4 Å². The molecule has 6 aromatic carbocycles. The molecular formula is C81H107N15O10. The van der Waals surface area contributed by atoms with E-state index in [0.717, 1.165) is 114 Å². The predicted molar refractivity (Wildman–Crippen MR) is 420 cm³/mol. The van der Waals surface area contributed by atoms with Gasteiger partial charge >= 0.3 is 12.0 Å². The Hall–Kier alpha value is -10.9. The van der Waals surface area contributed by atoms with Crippen molar-refractivity contribution in [3.63, 3.8) is 0 Å². The molecule has 0 atom stereocenters. The van der Waals surface area contributed by atoms with Gasteiger partial charge in [-0.3, -0.25) is 20.2 Å². The third-order valence-electron chi connectivity index (χ3n) is 15.9. The first-order valence-electron chi connectivity index (χ1n) is 37.2. The Kier molecular flexibility index (Phi) is 38.0. The van der Waals surface area contributed by atoms with Gasteiger partial charge in [0.2, 0.25) is 41.6 Å². The van der Waals surface area contributed by atoms with E-state index in [9.17, 15) is 14.4 Å². The SMILES string of the molecule is CCCCCCCOc1ccc(-c2ccc(OC(=O)c3cnc[nH]3)cc2)cc1.CCCCCCCOc1ccc(-c2ccc(OCCCOc3nc(NCCN)nc(NCCN)n3)cc2)cc1.CCCCCCOc1ccc(-c2ccc(OCCCCNc3nc(NC(C)=O)nc(NC(C)=O)n3)cc2)cc1. The molecule has 10 N–H and O–H groups in total. The molecule has 0 saturated carbocycles. The standard InChI is InChI=1S/C29H43N7O3.C29H38N6O4.C23H26N2O3/c1-2-3-4-5-6-20-37-25-12-8-23(9-13-25)24-10-14-26(15-11-24)38-21-7-22-39-29-35-27(32-18-16-30)34-28(36-29)33-19-17-31;1-4-5-6-8-19-38-25-14-10-23(11-15-25)24-12-16-26(17-13-24)39-20-9-7-18-30-27-33-28(31-21(2)36)35-29(34-27)32-22(3)37;1-2-3-4-5-6-15-27-20-11-7-18(8-12-20)19-9-13-21(14-10-19)28-23(26)22-16-24-17-25-22/h8-15H,2-7,16-22,30-31H2,1H3,(H2,32,33,34,35,36);10-17H,4-9,18-20H2,1-3H3,(H3,30,31,32,33,34,35,36,37);7-14,16-17H,2-6,15H2,1H3,(H,24,25). The van der Waals surface area contributed by atoms with Gasteiger partial charge in [0.15, 0.2) is 0 Å². The Labute approximate surface area is 623 Å². The van der Waals surface area contributed by atoms with Crippen LogP contribution in [0.15, 0.2) is 158 Å². The summed E-state index contributed by atoms with van der Waals surface area (Å²) in [6.45, 7) is 15.8. The fourth-order valence-corrected chi connectivity index (χ4v) is 10.3. The summed E-state index contributed by atoms with van der Waals surface area (Å²) in [4.78, 5) is 66.3. The average molecular weight is 1450 g/mol. The summed E-state index contributed by atoms with van der Waals surface area (Å²) in [5.74, 6) is 4.94. The molecule has 3 aromatic heterocycles. The van der Waals surface area contributed by atoms with Crippen molar-refractivity contribution in [2.45, 2.75) is 144 Å². The number of benzene rings is 6. The van der Waals surface area contributed by atoms with E-state index in [1.165, 1.54) is 97.0 Å². The van der Waals surface area contributed by atoms with E-state index in [1.54, 1.807) is 12.1 Å². The van der Waals surface area contributed by atoms with Crippen molar-refractivity contribution in [1.29, 1.82) is 0 Å². The number of hydrogen-bond donors (Lipinski definition) is 8. The molecule has 106 heavy (non-hydrogen) atoms. The number of H-pyrrole nitrogens is 1. The maximum Gasteiger partial charge on any atom is 0.361 e. The largest absolute Gasteiger partial charge is 0.494 e. The molecule has 0 unspecified atom stereocenters. The minimum Gasteiger partial charge on any atom is -0.494 e. The van der Waals surface area contributed by atoms with Gasteiger partial charge in [0.1, 0.15) is 40.2 Å². The molecule has 0 aliphatic rings. The van der Waals surface area contributed by atoms with Crippen LogP contribution in [0.2, 0.25) is 0 Å². The smallest absolute Gasteiger partial charge is 0.361 e. The second kappa shape index (κ2) is 48.9. The van der Waals surface area contributed by atoms with E-state index in [0.29, 0.717) is 82.3 Å². The topological polar surface area (TPSA) is 334 Å². The summed E-state index contributed by atoms with van der Waals surface area (Å²) < 4.78 is 40.3. The fraction of sp³-hybridized carbons (Fsp3) is 0.407. The Morgan fingerprint density at radius 3 is 1.00 bits per heavy atom. The first-order chi connectivity index (χ1) is 51.9. The van der Waals surface area contributed by atoms with E-state index in [2.05, 4.69) is 136 Å². The number of unbranched alkanes of at least 4 members (excludes halogenated alkanes) is 12. The molecule has 3 heterocycles. The second-order valence-electron chi connectivity index (χ2n) is 24.8. The van der Waals surface area contributed by atoms with Gasteiger partial charge in [0, 0.05) is 53.0 Å². The van der Waals surface area contributed by atoms with Crippen molar-refractivity contribution in [1.82, 2.24) is 39.9 Å². The van der Waals surface area contributed by atoms with Gasteiger partial charge in [-0.1, -0.05) is 164 Å². The highest BCUT2D eigenvalue weighted by Gasteiger charge is 2.13. The molecule has 9 rings (SSSR count). The summed E-state index contributed by atoms with van der Waals surface area (Å²) in [7, 11) is 0. The highest BCUT2D eigenvalue weighted by Crippen LogP contribution is 2.29. The molecule has 0 radical (unpaired) electrons. The number of anilines is 5. The molecule has 9 aromatic rings. The van der Waals surface area contributed by atoms with Gasteiger partial charge in [-0.25, -0.2) is 9.78 Å². The highest BCUT2D eigenvalue weighted by molar-refractivity contribution is 5.89. The quantitative estimate of drug-likeness (QED) is 0.00998. The number of nitrogens with one attached hydrogen (secondary N) is 6. The molecule has 0 saturated heterocycles. The predicted octanol–water partition coefficient (Wildman–Crippen LogP) is 15.8. The van der Waals surface area contributed by atoms with E-state index >= 15 is 0 Å². The third-order valence-corrected chi connectivity index (χ3v) is 15.9. The number of carbonyl (C=O) groups is 3. The van der Waals surface area contributed by atoms with Crippen LogP contribution < -0.4 is 71.2 Å². The van der Waals surface area contributed by atoms with Gasteiger partial charge in [0.25, 0.3) is 0 Å². The van der Waals surface area contributed by atoms with Crippen molar-refractivity contribution < 1.29 is 47.5 Å². The summed E-state index contributed by atoms with van der Waals surface area (Å²) in [6.07, 6.45) is 22.3. The summed E-state index contributed by atoms with van der Waals surface area (Å²) in [5.41, 5.74) is 18.1. The lowest BCUT2D eigenvalue weighted by Gasteiger charge is -2.11. The number of aromatic nitrogens is 8. The molecule has 0 bridgehead atoms. The molecule has 25 nitrogen and oxygen atoms in total. The van der Waals surface area contributed by atoms with E-state index in [1.807, 2.05) is 84.9 Å². The van der Waals surface area contributed by atoms with E-state index in [4.69, 9.17) is 44.6 Å². The number of rotatable bonds is 46. The lowest BCUT2D eigenvalue weighted by atomic mass is 10.1. The molecule has 0 aliphatic carbocycles. The van der Waals surface area contributed by atoms with Crippen molar-refractivity contribution in [2.75, 3.05) is 98.9 Å². The minimum absolute atomic E-state index is 0.0672. The zero-order valence-electron chi connectivity index (χ0n) is 62.2. The molecule has 25 heteroatoms. The lowest BCUT2D eigenvalue weighted by molar-refractivity contribution is -0.115. The fourth-order valence-electron chi connectivity index (χ4n) is 10.3. The number of amides is 2. The third kappa shape index (κ3) is 32.4. The van der Waals surface area contributed by atoms with Crippen LogP contribution in [0.4, 0.5) is 29.7 Å². The highest BCUT2D eigenvalue weighted by atomic mass is 16.5. The van der Waals surface area contributed by atoms with Gasteiger partial charge in [-0.05, 0) is 138 Å². The van der Waals surface area contributed by atoms with Crippen molar-refractivity contribution >= 4 is 47.5 Å². The Balaban J connectivity index is 0.000000225. The maximum atomic E-state index is 11.9. The molecule has 0 spiro atoms. The van der Waals surface area contributed by atoms with Crippen molar-refractivity contribution in [3.8, 4) is 73.9 Å². The van der Waals surface area contributed by atoms with Gasteiger partial charge in [0.05, 0.1) is 52.2 Å². The van der Waals surface area contributed by atoms with Crippen LogP contribution in [0, 0.1) is 0 Å². The number of hydrogen-bond acceptors (Lipinski definition) is 22. The van der Waals surface area contributed by atoms with Crippen molar-refractivity contribution in [2.24, 2.45) is 11.5 Å². The Morgan fingerprint density at radius 2 is 0.651 bits per heavy atom. The van der Waals surface area contributed by atoms with E-state index in [-0.39, 0.29) is 35.7 Å². The van der Waals surface area contributed by atoms with Gasteiger partial charge in [-0.2, -0.15) is 29.9 Å². The molecule has 2 amide bonds. The second-order valence-corrected chi connectivity index (χ2v) is 24.8. The van der Waals surface area contributed by atoms with Crippen LogP contribution in [0.5, 0.6) is 40.5 Å². The van der Waals surface area contributed by atoms with Crippen molar-refractivity contribution in [3.05, 3.63) is 164 Å². The molecule has 0 aliphatic heterocycles. The van der Waals surface area contributed by atoms with Gasteiger partial charge in [-0.15, -0.1) is 0 Å². The maximum absolute atomic E-state index is 11.9. The number of carbonyl (C=O) groups excluding carboxylic acids is 3. The van der Waals surface area contributed by atoms with Gasteiger partial charge < -0.3 is 65.6 Å². The normalized spacial score (nSPS) is 10.6. The first kappa shape index (κ1) is 82.4. The average Bonchev–Trinajstić information content (AvgIpc) is 1.61. The van der Waals surface area contributed by atoms with Crippen LogP contribution in [0.1, 0.15) is 154 Å². The molecule has 0 fully saturated rings. The summed E-state index contributed by atoms with van der Waals surface area (Å²) in [6, 6.07) is 48.3. The number of ether oxygens (including phenoxy) is 7. The Bertz CT molecular complexity index is 3830. The number of esters is 1. The minimum atomic E-state index is -0.457. The Morgan fingerprint density at radius 1 is 0.349 bits per heavy atom. The van der Waals surface area contributed by atoms with Crippen LogP contribution in [-0.2, 0) is 9.59 Å². The lowest BCUT2D eigenvalue weighted by Crippen LogP contribution is -2.19. The van der Waals surface area contributed by atoms with Crippen LogP contribution in [0.3, 0.4) is 0 Å². The van der Waals surface area contributed by atoms with Crippen LogP contribution in [-0.4, -0.2) is 130 Å². The van der Waals surface area contributed by atoms with Crippen LogP contribution >= 0.6 is 0 Å². The number of nitrogens with two attached hydrogens (primary N) is 2. The zero-order chi connectivity index (χ0) is 75.0. The zero-order valence-corrected chi connectivity index (χ0v) is 62.2. The number of nitrogens with zero attached hydrogens (tertiary/aromatic N) is 7. The summed E-state index contributed by atoms with van der Waals surface area (Å²) >= 11 is 0.